The molecular formula is C9H7FN2O. The van der Waals surface area contributed by atoms with Crippen LogP contribution in [-0.2, 0) is 0 Å². The first-order valence-corrected chi connectivity index (χ1v) is 3.76. The first kappa shape index (κ1) is 7.79. The molecule has 13 heavy (non-hydrogen) atoms. The molecule has 0 saturated carbocycles. The topological polar surface area (TPSA) is 38.1 Å². The average molecular weight is 178 g/mol. The molecule has 66 valence electrons. The van der Waals surface area contributed by atoms with Gasteiger partial charge in [-0.2, -0.15) is 5.10 Å². The lowest BCUT2D eigenvalue weighted by molar-refractivity contribution is 0.433. The number of halogens is 1. The maximum absolute atomic E-state index is 12.5. The number of hydrogen-bond donors (Lipinski definition) is 1. The summed E-state index contributed by atoms with van der Waals surface area (Å²) in [6, 6.07) is 7.18. The number of benzene rings is 1. The molecule has 0 radical (unpaired) electrons. The van der Waals surface area contributed by atoms with Crippen molar-refractivity contribution in [1.82, 2.24) is 9.78 Å². The average Bonchev–Trinajstić information content (AvgIpc) is 2.53. The minimum absolute atomic E-state index is 0.0339. The van der Waals surface area contributed by atoms with E-state index in [-0.39, 0.29) is 11.7 Å². The maximum Gasteiger partial charge on any atom is 0.214 e. The van der Waals surface area contributed by atoms with E-state index in [0.29, 0.717) is 5.69 Å². The normalized spacial score (nSPS) is 10.2. The highest BCUT2D eigenvalue weighted by Gasteiger charge is 2.01. The van der Waals surface area contributed by atoms with Gasteiger partial charge in [0.05, 0.1) is 11.9 Å². The quantitative estimate of drug-likeness (QED) is 0.721. The van der Waals surface area contributed by atoms with Crippen molar-refractivity contribution in [3.8, 4) is 11.6 Å². The largest absolute Gasteiger partial charge is 0.493 e. The number of aromatic hydroxyl groups is 1. The molecular weight excluding hydrogens is 171 g/mol. The SMILES string of the molecule is Oc1ccnn1-c1ccc(F)cc1. The van der Waals surface area contributed by atoms with Gasteiger partial charge in [-0.05, 0) is 24.3 Å². The van der Waals surface area contributed by atoms with Crippen molar-refractivity contribution in [3.05, 3.63) is 42.3 Å². The second-order valence-corrected chi connectivity index (χ2v) is 2.58. The van der Waals surface area contributed by atoms with Crippen molar-refractivity contribution < 1.29 is 9.50 Å². The van der Waals surface area contributed by atoms with Gasteiger partial charge in [0, 0.05) is 6.07 Å². The molecule has 0 aliphatic carbocycles. The van der Waals surface area contributed by atoms with Crippen molar-refractivity contribution in [2.75, 3.05) is 0 Å². The van der Waals surface area contributed by atoms with Gasteiger partial charge < -0.3 is 5.11 Å². The standard InChI is InChI=1S/C9H7FN2O/c10-7-1-3-8(4-2-7)12-9(13)5-6-11-12/h1-6,13H. The molecule has 0 amide bonds. The van der Waals surface area contributed by atoms with E-state index in [1.165, 1.54) is 29.1 Å². The van der Waals surface area contributed by atoms with Crippen LogP contribution in [0.25, 0.3) is 5.69 Å². The van der Waals surface area contributed by atoms with Crippen LogP contribution in [0.2, 0.25) is 0 Å². The number of aromatic nitrogens is 2. The zero-order valence-electron chi connectivity index (χ0n) is 6.68. The first-order chi connectivity index (χ1) is 6.27. The summed E-state index contributed by atoms with van der Waals surface area (Å²) in [5.74, 6) is -0.276. The molecule has 0 bridgehead atoms. The molecule has 1 N–H and O–H groups in total. The van der Waals surface area contributed by atoms with E-state index in [1.807, 2.05) is 0 Å². The van der Waals surface area contributed by atoms with E-state index in [1.54, 1.807) is 12.1 Å². The lowest BCUT2D eigenvalue weighted by Crippen LogP contribution is -1.94. The van der Waals surface area contributed by atoms with Gasteiger partial charge >= 0.3 is 0 Å². The van der Waals surface area contributed by atoms with Gasteiger partial charge in [-0.15, -0.1) is 0 Å². The van der Waals surface area contributed by atoms with E-state index >= 15 is 0 Å². The molecule has 1 aromatic heterocycles. The van der Waals surface area contributed by atoms with Crippen molar-refractivity contribution in [2.24, 2.45) is 0 Å². The molecule has 2 aromatic rings. The summed E-state index contributed by atoms with van der Waals surface area (Å²) in [5, 5.41) is 13.1. The monoisotopic (exact) mass is 178 g/mol. The molecule has 4 heteroatoms. The Hall–Kier alpha value is -1.84. The molecule has 0 spiro atoms. The summed E-state index contributed by atoms with van der Waals surface area (Å²) in [6.45, 7) is 0. The summed E-state index contributed by atoms with van der Waals surface area (Å²) in [4.78, 5) is 0. The Kier molecular flexibility index (Phi) is 1.73. The van der Waals surface area contributed by atoms with Crippen LogP contribution in [0.4, 0.5) is 4.39 Å². The lowest BCUT2D eigenvalue weighted by atomic mass is 10.3. The minimum atomic E-state index is -0.310. The van der Waals surface area contributed by atoms with Crippen LogP contribution < -0.4 is 0 Å². The third-order valence-corrected chi connectivity index (χ3v) is 1.69. The maximum atomic E-state index is 12.5. The van der Waals surface area contributed by atoms with Crippen molar-refractivity contribution >= 4 is 0 Å². The third kappa shape index (κ3) is 1.38. The molecule has 1 aromatic carbocycles. The Morgan fingerprint density at radius 3 is 2.38 bits per heavy atom. The highest BCUT2D eigenvalue weighted by Crippen LogP contribution is 2.14. The van der Waals surface area contributed by atoms with Crippen LogP contribution in [0.1, 0.15) is 0 Å². The van der Waals surface area contributed by atoms with Crippen molar-refractivity contribution in [1.29, 1.82) is 0 Å². The van der Waals surface area contributed by atoms with Gasteiger partial charge in [-0.25, -0.2) is 9.07 Å². The van der Waals surface area contributed by atoms with Gasteiger partial charge in [0.1, 0.15) is 5.82 Å². The zero-order valence-corrected chi connectivity index (χ0v) is 6.68. The highest BCUT2D eigenvalue weighted by atomic mass is 19.1. The fourth-order valence-electron chi connectivity index (χ4n) is 1.08. The van der Waals surface area contributed by atoms with Crippen molar-refractivity contribution in [3.63, 3.8) is 0 Å². The van der Waals surface area contributed by atoms with Crippen LogP contribution >= 0.6 is 0 Å². The van der Waals surface area contributed by atoms with Gasteiger partial charge in [0.15, 0.2) is 0 Å². The van der Waals surface area contributed by atoms with Crippen molar-refractivity contribution in [2.45, 2.75) is 0 Å². The van der Waals surface area contributed by atoms with E-state index < -0.39 is 0 Å². The minimum Gasteiger partial charge on any atom is -0.493 e. The van der Waals surface area contributed by atoms with Crippen LogP contribution in [0.5, 0.6) is 5.88 Å². The van der Waals surface area contributed by atoms with Crippen LogP contribution in [0.3, 0.4) is 0 Å². The molecule has 2 rings (SSSR count). The predicted molar refractivity (Wildman–Crippen MR) is 45.2 cm³/mol. The molecule has 0 aliphatic rings. The van der Waals surface area contributed by atoms with Gasteiger partial charge in [-0.3, -0.25) is 0 Å². The number of nitrogens with zero attached hydrogens (tertiary/aromatic N) is 2. The van der Waals surface area contributed by atoms with Gasteiger partial charge in [0.2, 0.25) is 5.88 Å². The summed E-state index contributed by atoms with van der Waals surface area (Å²) in [5.41, 5.74) is 0.629. The molecule has 1 heterocycles. The number of hydrogen-bond acceptors (Lipinski definition) is 2. The Morgan fingerprint density at radius 2 is 1.85 bits per heavy atom. The Morgan fingerprint density at radius 1 is 1.15 bits per heavy atom. The Bertz CT molecular complexity index is 408. The van der Waals surface area contributed by atoms with Crippen LogP contribution in [0.15, 0.2) is 36.5 Å². The van der Waals surface area contributed by atoms with Crippen LogP contribution in [0, 0.1) is 5.82 Å². The predicted octanol–water partition coefficient (Wildman–Crippen LogP) is 1.72. The molecule has 0 unspecified atom stereocenters. The van der Waals surface area contributed by atoms with E-state index in [4.69, 9.17) is 0 Å². The zero-order chi connectivity index (χ0) is 9.26. The highest BCUT2D eigenvalue weighted by molar-refractivity contribution is 5.34. The van der Waals surface area contributed by atoms with E-state index in [0.717, 1.165) is 0 Å². The second kappa shape index (κ2) is 2.90. The summed E-state index contributed by atoms with van der Waals surface area (Å²) < 4.78 is 13.9. The second-order valence-electron chi connectivity index (χ2n) is 2.58. The lowest BCUT2D eigenvalue weighted by Gasteiger charge is -2.01. The fourth-order valence-corrected chi connectivity index (χ4v) is 1.08. The molecule has 0 atom stereocenters. The third-order valence-electron chi connectivity index (χ3n) is 1.69. The molecule has 0 fully saturated rings. The Balaban J connectivity index is 2.47. The summed E-state index contributed by atoms with van der Waals surface area (Å²) in [7, 11) is 0. The smallest absolute Gasteiger partial charge is 0.214 e. The van der Waals surface area contributed by atoms with E-state index in [9.17, 15) is 9.50 Å². The first-order valence-electron chi connectivity index (χ1n) is 3.76. The summed E-state index contributed by atoms with van der Waals surface area (Å²) >= 11 is 0. The molecule has 0 saturated heterocycles. The van der Waals surface area contributed by atoms with Crippen LogP contribution in [-0.4, -0.2) is 14.9 Å². The number of rotatable bonds is 1. The summed E-state index contributed by atoms with van der Waals surface area (Å²) in [6.07, 6.45) is 1.47. The Labute approximate surface area is 74.1 Å². The molecule has 3 nitrogen and oxygen atoms in total. The van der Waals surface area contributed by atoms with Gasteiger partial charge in [-0.1, -0.05) is 0 Å². The molecule has 0 aliphatic heterocycles. The van der Waals surface area contributed by atoms with Gasteiger partial charge in [0.25, 0.3) is 0 Å². The fraction of sp³-hybridized carbons (Fsp3) is 0. The van der Waals surface area contributed by atoms with E-state index in [2.05, 4.69) is 5.10 Å².